The summed E-state index contributed by atoms with van der Waals surface area (Å²) in [6.07, 6.45) is 7.81. The fraction of sp³-hybridized carbons (Fsp3) is 0.333. The molecular weight excluding hydrogens is 370 g/mol. The van der Waals surface area contributed by atoms with E-state index in [1.807, 2.05) is 18.2 Å². The van der Waals surface area contributed by atoms with Gasteiger partial charge in [0.15, 0.2) is 0 Å². The third kappa shape index (κ3) is 4.62. The van der Waals surface area contributed by atoms with Crippen LogP contribution in [-0.2, 0) is 17.9 Å². The molecule has 0 saturated heterocycles. The molecule has 30 heavy (non-hydrogen) atoms. The summed E-state index contributed by atoms with van der Waals surface area (Å²) in [4.78, 5) is 0. The Morgan fingerprint density at radius 1 is 0.933 bits per heavy atom. The SMILES string of the molecule is COc1ccc(CNC2=CC3=CC=C(OCc4ccccc4)C(C)C3C(C)C2)cc1. The van der Waals surface area contributed by atoms with Gasteiger partial charge < -0.3 is 14.8 Å². The molecule has 2 aromatic rings. The first-order valence-corrected chi connectivity index (χ1v) is 10.8. The number of rotatable bonds is 7. The second-order valence-corrected chi connectivity index (χ2v) is 8.38. The number of hydrogen-bond donors (Lipinski definition) is 1. The lowest BCUT2D eigenvalue weighted by Crippen LogP contribution is -2.31. The molecule has 0 aromatic heterocycles. The number of nitrogens with one attached hydrogen (secondary N) is 1. The predicted octanol–water partition coefficient (Wildman–Crippen LogP) is 6.00. The second kappa shape index (κ2) is 9.25. The number of ether oxygens (including phenoxy) is 2. The van der Waals surface area contributed by atoms with E-state index >= 15 is 0 Å². The van der Waals surface area contributed by atoms with Crippen molar-refractivity contribution in [3.63, 3.8) is 0 Å². The molecule has 0 aliphatic heterocycles. The minimum Gasteiger partial charge on any atom is -0.497 e. The number of methoxy groups -OCH3 is 1. The van der Waals surface area contributed by atoms with Gasteiger partial charge in [-0.15, -0.1) is 0 Å². The van der Waals surface area contributed by atoms with Crippen LogP contribution in [0.2, 0.25) is 0 Å². The molecule has 1 N–H and O–H groups in total. The van der Waals surface area contributed by atoms with E-state index in [2.05, 4.69) is 73.8 Å². The van der Waals surface area contributed by atoms with Crippen molar-refractivity contribution in [2.45, 2.75) is 33.4 Å². The molecule has 3 heteroatoms. The molecule has 0 bridgehead atoms. The lowest BCUT2D eigenvalue weighted by Gasteiger charge is -2.38. The van der Waals surface area contributed by atoms with Crippen LogP contribution in [0.4, 0.5) is 0 Å². The zero-order chi connectivity index (χ0) is 20.9. The number of fused-ring (bicyclic) bond motifs is 1. The maximum absolute atomic E-state index is 6.20. The van der Waals surface area contributed by atoms with Crippen molar-refractivity contribution in [3.8, 4) is 5.75 Å². The molecule has 0 heterocycles. The van der Waals surface area contributed by atoms with Gasteiger partial charge in [-0.2, -0.15) is 0 Å². The summed E-state index contributed by atoms with van der Waals surface area (Å²) >= 11 is 0. The van der Waals surface area contributed by atoms with Crippen molar-refractivity contribution in [3.05, 3.63) is 101 Å². The van der Waals surface area contributed by atoms with Crippen molar-refractivity contribution in [1.29, 1.82) is 0 Å². The summed E-state index contributed by atoms with van der Waals surface area (Å²) in [5.41, 5.74) is 5.19. The van der Waals surface area contributed by atoms with Crippen LogP contribution in [0.5, 0.6) is 5.75 Å². The van der Waals surface area contributed by atoms with Crippen molar-refractivity contribution in [2.75, 3.05) is 7.11 Å². The molecule has 0 amide bonds. The molecule has 156 valence electrons. The van der Waals surface area contributed by atoms with E-state index in [9.17, 15) is 0 Å². The molecule has 3 unspecified atom stereocenters. The minimum absolute atomic E-state index is 0.392. The first-order valence-electron chi connectivity index (χ1n) is 10.8. The fourth-order valence-electron chi connectivity index (χ4n) is 4.61. The fourth-order valence-corrected chi connectivity index (χ4v) is 4.61. The van der Waals surface area contributed by atoms with Crippen molar-refractivity contribution < 1.29 is 9.47 Å². The van der Waals surface area contributed by atoms with E-state index in [-0.39, 0.29) is 0 Å². The first-order chi connectivity index (χ1) is 14.6. The van der Waals surface area contributed by atoms with E-state index in [1.54, 1.807) is 7.11 Å². The molecule has 4 rings (SSSR count). The van der Waals surface area contributed by atoms with Crippen LogP contribution in [-0.4, -0.2) is 7.11 Å². The molecule has 0 spiro atoms. The quantitative estimate of drug-likeness (QED) is 0.617. The topological polar surface area (TPSA) is 30.5 Å². The summed E-state index contributed by atoms with van der Waals surface area (Å²) in [5.74, 6) is 3.46. The van der Waals surface area contributed by atoms with Crippen molar-refractivity contribution in [1.82, 2.24) is 5.32 Å². The van der Waals surface area contributed by atoms with Gasteiger partial charge in [-0.25, -0.2) is 0 Å². The summed E-state index contributed by atoms with van der Waals surface area (Å²) in [6, 6.07) is 18.6. The Morgan fingerprint density at radius 3 is 2.43 bits per heavy atom. The highest BCUT2D eigenvalue weighted by Crippen LogP contribution is 2.43. The highest BCUT2D eigenvalue weighted by atomic mass is 16.5. The van der Waals surface area contributed by atoms with Crippen molar-refractivity contribution in [2.24, 2.45) is 17.8 Å². The van der Waals surface area contributed by atoms with E-state index in [4.69, 9.17) is 9.47 Å². The third-order valence-electron chi connectivity index (χ3n) is 6.24. The van der Waals surface area contributed by atoms with Gasteiger partial charge in [0, 0.05) is 18.2 Å². The Morgan fingerprint density at radius 2 is 1.70 bits per heavy atom. The average Bonchev–Trinajstić information content (AvgIpc) is 2.78. The van der Waals surface area contributed by atoms with Gasteiger partial charge in [0.25, 0.3) is 0 Å². The van der Waals surface area contributed by atoms with Crippen molar-refractivity contribution >= 4 is 0 Å². The van der Waals surface area contributed by atoms with Gasteiger partial charge in [0.05, 0.1) is 12.9 Å². The molecule has 3 atom stereocenters. The normalized spacial score (nSPS) is 22.9. The smallest absolute Gasteiger partial charge is 0.118 e. The molecule has 0 saturated carbocycles. The summed E-state index contributed by atoms with van der Waals surface area (Å²) in [6.45, 7) is 6.12. The zero-order valence-corrected chi connectivity index (χ0v) is 18.1. The van der Waals surface area contributed by atoms with E-state index < -0.39 is 0 Å². The van der Waals surface area contributed by atoms with E-state index in [0.717, 1.165) is 24.5 Å². The molecule has 0 fully saturated rings. The Hall–Kier alpha value is -2.94. The largest absolute Gasteiger partial charge is 0.497 e. The van der Waals surface area contributed by atoms with Crippen LogP contribution in [0.25, 0.3) is 0 Å². The molecule has 2 aromatic carbocycles. The maximum Gasteiger partial charge on any atom is 0.118 e. The summed E-state index contributed by atoms with van der Waals surface area (Å²) in [5, 5.41) is 3.64. The van der Waals surface area contributed by atoms with Crippen LogP contribution in [0, 0.1) is 17.8 Å². The lowest BCUT2D eigenvalue weighted by molar-refractivity contribution is 0.138. The number of allylic oxidation sites excluding steroid dienone is 6. The van der Waals surface area contributed by atoms with E-state index in [0.29, 0.717) is 24.4 Å². The summed E-state index contributed by atoms with van der Waals surface area (Å²) in [7, 11) is 1.70. The van der Waals surface area contributed by atoms with Gasteiger partial charge in [-0.3, -0.25) is 0 Å². The third-order valence-corrected chi connectivity index (χ3v) is 6.24. The van der Waals surface area contributed by atoms with Gasteiger partial charge >= 0.3 is 0 Å². The Kier molecular flexibility index (Phi) is 6.27. The van der Waals surface area contributed by atoms with Crippen LogP contribution in [0.1, 0.15) is 31.4 Å². The number of hydrogen-bond acceptors (Lipinski definition) is 3. The van der Waals surface area contributed by atoms with Gasteiger partial charge in [-0.05, 0) is 59.2 Å². The van der Waals surface area contributed by atoms with Gasteiger partial charge in [0.2, 0.25) is 0 Å². The molecule has 2 aliphatic rings. The monoisotopic (exact) mass is 401 g/mol. The maximum atomic E-state index is 6.20. The predicted molar refractivity (Wildman–Crippen MR) is 122 cm³/mol. The molecule has 2 aliphatic carbocycles. The average molecular weight is 402 g/mol. The molecule has 0 radical (unpaired) electrons. The van der Waals surface area contributed by atoms with Crippen LogP contribution in [0.3, 0.4) is 0 Å². The first kappa shape index (κ1) is 20.3. The Bertz CT molecular complexity index is 941. The number of benzene rings is 2. The van der Waals surface area contributed by atoms with Crippen LogP contribution < -0.4 is 10.1 Å². The van der Waals surface area contributed by atoms with Crippen LogP contribution in [0.15, 0.2) is 89.9 Å². The Labute approximate surface area is 180 Å². The van der Waals surface area contributed by atoms with Gasteiger partial charge in [0.1, 0.15) is 12.4 Å². The Balaban J connectivity index is 1.42. The minimum atomic E-state index is 0.392. The summed E-state index contributed by atoms with van der Waals surface area (Å²) < 4.78 is 11.4. The molecular formula is C27H31NO2. The lowest BCUT2D eigenvalue weighted by atomic mass is 9.70. The standard InChI is InChI=1S/C27H31NO2/c1-19-15-24(28-17-21-9-12-25(29-3)13-10-21)16-23-11-14-26(20(2)27(19)23)30-18-22-7-5-4-6-8-22/h4-14,16,19-20,27-28H,15,17-18H2,1-3H3. The molecule has 3 nitrogen and oxygen atoms in total. The zero-order valence-electron chi connectivity index (χ0n) is 18.1. The highest BCUT2D eigenvalue weighted by molar-refractivity contribution is 5.39. The van der Waals surface area contributed by atoms with Gasteiger partial charge in [-0.1, -0.05) is 62.4 Å². The van der Waals surface area contributed by atoms with E-state index in [1.165, 1.54) is 22.4 Å². The second-order valence-electron chi connectivity index (χ2n) is 8.38. The highest BCUT2D eigenvalue weighted by Gasteiger charge is 2.34. The van der Waals surface area contributed by atoms with Crippen LogP contribution >= 0.6 is 0 Å².